The Kier molecular flexibility index (Phi) is 5.63. The van der Waals surface area contributed by atoms with Crippen LogP contribution in [0.2, 0.25) is 5.02 Å². The number of carboxylic acids is 1. The minimum Gasteiger partial charge on any atom is -0.480 e. The molecule has 0 heterocycles. The molecule has 104 valence electrons. The normalized spacial score (nSPS) is 11.7. The predicted molar refractivity (Wildman–Crippen MR) is 73.3 cm³/mol. The fourth-order valence-electron chi connectivity index (χ4n) is 1.67. The summed E-state index contributed by atoms with van der Waals surface area (Å²) in [6.07, 6.45) is 0. The van der Waals surface area contributed by atoms with E-state index in [9.17, 15) is 9.59 Å². The molecule has 0 aliphatic carbocycles. The Morgan fingerprint density at radius 2 is 2.05 bits per heavy atom. The van der Waals surface area contributed by atoms with Crippen molar-refractivity contribution in [2.24, 2.45) is 0 Å². The van der Waals surface area contributed by atoms with Gasteiger partial charge in [0.2, 0.25) is 0 Å². The van der Waals surface area contributed by atoms with E-state index in [1.54, 1.807) is 19.9 Å². The standard InChI is InChI=1S/C13H17ClN2O3/c1-3-16(8-12(17)18)13(19)15-9(2)10-6-4-5-7-11(10)14/h4-7,9H,3,8H2,1-2H3,(H,15,19)(H,17,18). The fraction of sp³-hybridized carbons (Fsp3) is 0.385. The molecule has 19 heavy (non-hydrogen) atoms. The van der Waals surface area contributed by atoms with Crippen LogP contribution in [0.25, 0.3) is 0 Å². The molecule has 0 aliphatic rings. The van der Waals surface area contributed by atoms with Gasteiger partial charge < -0.3 is 15.3 Å². The lowest BCUT2D eigenvalue weighted by Crippen LogP contribution is -2.43. The summed E-state index contributed by atoms with van der Waals surface area (Å²) in [5.74, 6) is -1.04. The number of amides is 2. The zero-order valence-electron chi connectivity index (χ0n) is 10.9. The van der Waals surface area contributed by atoms with E-state index in [1.165, 1.54) is 4.90 Å². The molecule has 0 aromatic heterocycles. The Balaban J connectivity index is 2.70. The van der Waals surface area contributed by atoms with Gasteiger partial charge in [-0.25, -0.2) is 4.79 Å². The van der Waals surface area contributed by atoms with E-state index in [0.29, 0.717) is 11.6 Å². The first-order valence-corrected chi connectivity index (χ1v) is 6.35. The van der Waals surface area contributed by atoms with E-state index < -0.39 is 12.0 Å². The zero-order valence-corrected chi connectivity index (χ0v) is 11.6. The second-order valence-corrected chi connectivity index (χ2v) is 4.51. The van der Waals surface area contributed by atoms with Crippen LogP contribution in [0.3, 0.4) is 0 Å². The van der Waals surface area contributed by atoms with E-state index in [-0.39, 0.29) is 12.6 Å². The van der Waals surface area contributed by atoms with Crippen LogP contribution in [0.15, 0.2) is 24.3 Å². The number of carbonyl (C=O) groups excluding carboxylic acids is 1. The molecule has 2 amide bonds. The van der Waals surface area contributed by atoms with Crippen molar-refractivity contribution in [1.29, 1.82) is 0 Å². The molecule has 1 aromatic rings. The SMILES string of the molecule is CCN(CC(=O)O)C(=O)NC(C)c1ccccc1Cl. The number of benzene rings is 1. The first-order chi connectivity index (χ1) is 8.95. The van der Waals surface area contributed by atoms with Gasteiger partial charge in [0.25, 0.3) is 0 Å². The summed E-state index contributed by atoms with van der Waals surface area (Å²) >= 11 is 6.04. The Morgan fingerprint density at radius 1 is 1.42 bits per heavy atom. The Labute approximate surface area is 117 Å². The molecule has 0 bridgehead atoms. The molecule has 0 radical (unpaired) electrons. The topological polar surface area (TPSA) is 69.6 Å². The van der Waals surface area contributed by atoms with Gasteiger partial charge >= 0.3 is 12.0 Å². The molecular weight excluding hydrogens is 268 g/mol. The van der Waals surface area contributed by atoms with Gasteiger partial charge in [-0.15, -0.1) is 0 Å². The lowest BCUT2D eigenvalue weighted by Gasteiger charge is -2.23. The van der Waals surface area contributed by atoms with Crippen LogP contribution in [0.4, 0.5) is 4.79 Å². The molecule has 1 unspecified atom stereocenters. The van der Waals surface area contributed by atoms with Gasteiger partial charge in [0, 0.05) is 11.6 Å². The number of aliphatic carboxylic acids is 1. The fourth-order valence-corrected chi connectivity index (χ4v) is 1.97. The number of nitrogens with zero attached hydrogens (tertiary/aromatic N) is 1. The molecule has 0 saturated heterocycles. The zero-order chi connectivity index (χ0) is 14.4. The van der Waals surface area contributed by atoms with Crippen LogP contribution < -0.4 is 5.32 Å². The summed E-state index contributed by atoms with van der Waals surface area (Å²) in [6.45, 7) is 3.53. The number of carbonyl (C=O) groups is 2. The quantitative estimate of drug-likeness (QED) is 0.873. The lowest BCUT2D eigenvalue weighted by molar-refractivity contribution is -0.137. The highest BCUT2D eigenvalue weighted by molar-refractivity contribution is 6.31. The number of nitrogens with one attached hydrogen (secondary N) is 1. The predicted octanol–water partition coefficient (Wildman–Crippen LogP) is 2.52. The highest BCUT2D eigenvalue weighted by atomic mass is 35.5. The molecule has 1 aromatic carbocycles. The summed E-state index contributed by atoms with van der Waals surface area (Å²) in [5, 5.41) is 12.0. The van der Waals surface area contributed by atoms with Crippen molar-refractivity contribution in [3.05, 3.63) is 34.9 Å². The maximum Gasteiger partial charge on any atom is 0.323 e. The number of hydrogen-bond donors (Lipinski definition) is 2. The third-order valence-corrected chi connectivity index (χ3v) is 3.05. The van der Waals surface area contributed by atoms with Crippen LogP contribution in [0.5, 0.6) is 0 Å². The molecule has 0 spiro atoms. The molecule has 1 rings (SSSR count). The molecule has 0 aliphatic heterocycles. The smallest absolute Gasteiger partial charge is 0.323 e. The first-order valence-electron chi connectivity index (χ1n) is 5.97. The summed E-state index contributed by atoms with van der Waals surface area (Å²) in [6, 6.07) is 6.50. The van der Waals surface area contributed by atoms with Crippen molar-refractivity contribution in [2.45, 2.75) is 19.9 Å². The van der Waals surface area contributed by atoms with Gasteiger partial charge in [-0.05, 0) is 25.5 Å². The van der Waals surface area contributed by atoms with Gasteiger partial charge in [0.15, 0.2) is 0 Å². The molecule has 2 N–H and O–H groups in total. The Morgan fingerprint density at radius 3 is 2.58 bits per heavy atom. The minimum atomic E-state index is -1.04. The summed E-state index contributed by atoms with van der Waals surface area (Å²) in [4.78, 5) is 23.8. The van der Waals surface area contributed by atoms with Crippen LogP contribution in [0, 0.1) is 0 Å². The van der Waals surface area contributed by atoms with Crippen molar-refractivity contribution >= 4 is 23.6 Å². The summed E-state index contributed by atoms with van der Waals surface area (Å²) in [5.41, 5.74) is 0.795. The third-order valence-electron chi connectivity index (χ3n) is 2.71. The minimum absolute atomic E-state index is 0.288. The molecular formula is C13H17ClN2O3. The van der Waals surface area contributed by atoms with E-state index in [0.717, 1.165) is 5.56 Å². The third kappa shape index (κ3) is 4.44. The van der Waals surface area contributed by atoms with Crippen molar-refractivity contribution in [1.82, 2.24) is 10.2 Å². The maximum atomic E-state index is 11.9. The van der Waals surface area contributed by atoms with Crippen molar-refractivity contribution in [2.75, 3.05) is 13.1 Å². The second kappa shape index (κ2) is 6.99. The molecule has 0 saturated carbocycles. The van der Waals surface area contributed by atoms with Gasteiger partial charge in [-0.1, -0.05) is 29.8 Å². The Hall–Kier alpha value is -1.75. The van der Waals surface area contributed by atoms with Gasteiger partial charge in [0.05, 0.1) is 6.04 Å². The highest BCUT2D eigenvalue weighted by Crippen LogP contribution is 2.22. The van der Waals surface area contributed by atoms with Crippen LogP contribution in [-0.2, 0) is 4.79 Å². The number of hydrogen-bond acceptors (Lipinski definition) is 2. The number of carboxylic acid groups (broad SMARTS) is 1. The van der Waals surface area contributed by atoms with Gasteiger partial charge in [-0.3, -0.25) is 4.79 Å². The average Bonchev–Trinajstić information content (AvgIpc) is 2.35. The average molecular weight is 285 g/mol. The van der Waals surface area contributed by atoms with E-state index in [2.05, 4.69) is 5.32 Å². The second-order valence-electron chi connectivity index (χ2n) is 4.10. The molecule has 1 atom stereocenters. The number of rotatable bonds is 5. The van der Waals surface area contributed by atoms with Gasteiger partial charge in [0.1, 0.15) is 6.54 Å². The summed E-state index contributed by atoms with van der Waals surface area (Å²) in [7, 11) is 0. The van der Waals surface area contributed by atoms with Gasteiger partial charge in [-0.2, -0.15) is 0 Å². The van der Waals surface area contributed by atoms with Crippen molar-refractivity contribution in [3.8, 4) is 0 Å². The number of urea groups is 1. The van der Waals surface area contributed by atoms with E-state index in [1.807, 2.05) is 18.2 Å². The lowest BCUT2D eigenvalue weighted by atomic mass is 10.1. The molecule has 0 fully saturated rings. The van der Waals surface area contributed by atoms with Crippen LogP contribution >= 0.6 is 11.6 Å². The van der Waals surface area contributed by atoms with Crippen LogP contribution in [-0.4, -0.2) is 35.1 Å². The first kappa shape index (κ1) is 15.3. The van der Waals surface area contributed by atoms with Crippen molar-refractivity contribution in [3.63, 3.8) is 0 Å². The van der Waals surface area contributed by atoms with E-state index in [4.69, 9.17) is 16.7 Å². The highest BCUT2D eigenvalue weighted by Gasteiger charge is 2.18. The monoisotopic (exact) mass is 284 g/mol. The largest absolute Gasteiger partial charge is 0.480 e. The number of halogens is 1. The van der Waals surface area contributed by atoms with Crippen LogP contribution in [0.1, 0.15) is 25.5 Å². The molecule has 5 nitrogen and oxygen atoms in total. The summed E-state index contributed by atoms with van der Waals surface area (Å²) < 4.78 is 0. The Bertz CT molecular complexity index is 465. The van der Waals surface area contributed by atoms with Crippen molar-refractivity contribution < 1.29 is 14.7 Å². The van der Waals surface area contributed by atoms with E-state index >= 15 is 0 Å². The maximum absolute atomic E-state index is 11.9. The molecule has 6 heteroatoms. The number of likely N-dealkylation sites (N-methyl/N-ethyl adjacent to an activating group) is 1.